The summed E-state index contributed by atoms with van der Waals surface area (Å²) in [6.07, 6.45) is 7.26. The van der Waals surface area contributed by atoms with Crippen LogP contribution in [-0.2, 0) is 17.8 Å². The molecule has 40 heavy (non-hydrogen) atoms. The predicted molar refractivity (Wildman–Crippen MR) is 161 cm³/mol. The molecule has 2 heterocycles. The third-order valence-electron chi connectivity index (χ3n) is 7.42. The lowest BCUT2D eigenvalue weighted by Gasteiger charge is -2.31. The molecule has 0 radical (unpaired) electrons. The zero-order valence-electron chi connectivity index (χ0n) is 23.0. The summed E-state index contributed by atoms with van der Waals surface area (Å²) in [5.41, 5.74) is 3.88. The third-order valence-corrected chi connectivity index (χ3v) is 8.50. The molecule has 208 valence electrons. The fraction of sp³-hybridized carbons (Fsp3) is 0.333. The maximum absolute atomic E-state index is 14.6. The molecule has 1 fully saturated rings. The van der Waals surface area contributed by atoms with Crippen molar-refractivity contribution >= 4 is 35.3 Å². The molecule has 0 atom stereocenters. The number of amides is 2. The lowest BCUT2D eigenvalue weighted by atomic mass is 10.1. The molecule has 1 saturated heterocycles. The number of nitrogens with one attached hydrogen (secondary N) is 1. The molecular weight excluding hydrogens is 521 g/mol. The summed E-state index contributed by atoms with van der Waals surface area (Å²) < 4.78 is 14.6. The number of hydrogen-bond acceptors (Lipinski definition) is 4. The van der Waals surface area contributed by atoms with Crippen molar-refractivity contribution in [1.82, 2.24) is 10.2 Å². The van der Waals surface area contributed by atoms with Gasteiger partial charge in [0.1, 0.15) is 5.82 Å². The third kappa shape index (κ3) is 6.83. The van der Waals surface area contributed by atoms with E-state index in [0.717, 1.165) is 60.6 Å². The smallest absolute Gasteiger partial charge is 0.265 e. The Kier molecular flexibility index (Phi) is 9.34. The van der Waals surface area contributed by atoms with Crippen molar-refractivity contribution in [2.75, 3.05) is 31.1 Å². The Morgan fingerprint density at radius 1 is 1.05 bits per heavy atom. The first kappa shape index (κ1) is 28.1. The number of halogens is 1. The van der Waals surface area contributed by atoms with Crippen LogP contribution in [0.25, 0.3) is 6.08 Å². The summed E-state index contributed by atoms with van der Waals surface area (Å²) in [6, 6.07) is 20.1. The second-order valence-corrected chi connectivity index (χ2v) is 11.5. The molecule has 0 saturated carbocycles. The molecule has 0 unspecified atom stereocenters. The zero-order chi connectivity index (χ0) is 27.9. The second kappa shape index (κ2) is 13.3. The highest BCUT2D eigenvalue weighted by molar-refractivity contribution is 8.04. The van der Waals surface area contributed by atoms with Gasteiger partial charge in [-0.1, -0.05) is 61.5 Å². The van der Waals surface area contributed by atoms with Crippen molar-refractivity contribution < 1.29 is 14.0 Å². The fourth-order valence-electron chi connectivity index (χ4n) is 5.25. The van der Waals surface area contributed by atoms with Crippen molar-refractivity contribution in [3.63, 3.8) is 0 Å². The molecule has 2 aliphatic rings. The van der Waals surface area contributed by atoms with Gasteiger partial charge in [0.05, 0.1) is 17.1 Å². The summed E-state index contributed by atoms with van der Waals surface area (Å²) in [7, 11) is 0. The van der Waals surface area contributed by atoms with Crippen LogP contribution < -0.4 is 10.2 Å². The van der Waals surface area contributed by atoms with E-state index in [0.29, 0.717) is 22.6 Å². The summed E-state index contributed by atoms with van der Waals surface area (Å²) in [6.45, 7) is 6.29. The maximum Gasteiger partial charge on any atom is 0.265 e. The molecule has 7 heteroatoms. The Hall–Kier alpha value is -3.42. The van der Waals surface area contributed by atoms with Crippen LogP contribution >= 0.6 is 11.8 Å². The Bertz CT molecular complexity index is 1380. The minimum absolute atomic E-state index is 0.0865. The molecule has 5 nitrogen and oxygen atoms in total. The largest absolute Gasteiger partial charge is 0.352 e. The Morgan fingerprint density at radius 3 is 2.58 bits per heavy atom. The first-order valence-electron chi connectivity index (χ1n) is 14.2. The van der Waals surface area contributed by atoms with Gasteiger partial charge in [-0.2, -0.15) is 0 Å². The van der Waals surface area contributed by atoms with Crippen LogP contribution in [0, 0.1) is 5.82 Å². The minimum atomic E-state index is -0.324. The highest BCUT2D eigenvalue weighted by atomic mass is 32.2. The lowest BCUT2D eigenvalue weighted by Crippen LogP contribution is -2.34. The van der Waals surface area contributed by atoms with Gasteiger partial charge in [0, 0.05) is 22.6 Å². The lowest BCUT2D eigenvalue weighted by molar-refractivity contribution is -0.114. The number of likely N-dealkylation sites (tertiary alicyclic amines) is 1. The van der Waals surface area contributed by atoms with E-state index in [1.807, 2.05) is 18.2 Å². The molecule has 0 spiro atoms. The number of nitrogens with zero attached hydrogens (tertiary/aromatic N) is 2. The quantitative estimate of drug-likeness (QED) is 0.223. The summed E-state index contributed by atoms with van der Waals surface area (Å²) in [5.74, 6) is -0.568. The minimum Gasteiger partial charge on any atom is -0.352 e. The SMILES string of the molecule is CCCc1ccc2c(c1)N(Cc1ccccc1F)C(=O)C(=Cc1ccc(C(=O)NCCCN3CCCC3)cc1)S2. The zero-order valence-corrected chi connectivity index (χ0v) is 23.8. The number of aryl methyl sites for hydroxylation is 1. The number of rotatable bonds is 10. The second-order valence-electron chi connectivity index (χ2n) is 10.4. The number of fused-ring (bicyclic) bond motifs is 1. The van der Waals surface area contributed by atoms with Crippen molar-refractivity contribution in [3.8, 4) is 0 Å². The van der Waals surface area contributed by atoms with E-state index < -0.39 is 0 Å². The van der Waals surface area contributed by atoms with Gasteiger partial charge in [-0.3, -0.25) is 9.59 Å². The fourth-order valence-corrected chi connectivity index (χ4v) is 6.29. The van der Waals surface area contributed by atoms with Crippen LogP contribution in [-0.4, -0.2) is 42.9 Å². The summed E-state index contributed by atoms with van der Waals surface area (Å²) >= 11 is 1.43. The highest BCUT2D eigenvalue weighted by Gasteiger charge is 2.30. The first-order chi connectivity index (χ1) is 19.5. The number of hydrogen-bond donors (Lipinski definition) is 1. The van der Waals surface area contributed by atoms with E-state index in [-0.39, 0.29) is 24.2 Å². The van der Waals surface area contributed by atoms with Crippen molar-refractivity contribution in [1.29, 1.82) is 0 Å². The van der Waals surface area contributed by atoms with Gasteiger partial charge in [-0.25, -0.2) is 4.39 Å². The number of thioether (sulfide) groups is 1. The number of anilines is 1. The van der Waals surface area contributed by atoms with Crippen molar-refractivity contribution in [3.05, 3.63) is 99.7 Å². The van der Waals surface area contributed by atoms with Crippen molar-refractivity contribution in [2.24, 2.45) is 0 Å². The van der Waals surface area contributed by atoms with E-state index >= 15 is 0 Å². The number of carbonyl (C=O) groups excluding carboxylic acids is 2. The van der Waals surface area contributed by atoms with Crippen molar-refractivity contribution in [2.45, 2.75) is 50.5 Å². The predicted octanol–water partition coefficient (Wildman–Crippen LogP) is 6.67. The first-order valence-corrected chi connectivity index (χ1v) is 15.0. The Morgan fingerprint density at radius 2 is 1.82 bits per heavy atom. The van der Waals surface area contributed by atoms with E-state index in [2.05, 4.69) is 35.3 Å². The van der Waals surface area contributed by atoms with Crippen LogP contribution in [0.1, 0.15) is 59.7 Å². The summed E-state index contributed by atoms with van der Waals surface area (Å²) in [4.78, 5) is 32.0. The van der Waals surface area contributed by atoms with Gasteiger partial charge in [0.25, 0.3) is 11.8 Å². The van der Waals surface area contributed by atoms with Gasteiger partial charge < -0.3 is 15.1 Å². The molecule has 1 N–H and O–H groups in total. The normalized spacial score (nSPS) is 16.4. The van der Waals surface area contributed by atoms with E-state index in [1.165, 1.54) is 30.7 Å². The van der Waals surface area contributed by atoms with Gasteiger partial charge in [-0.15, -0.1) is 0 Å². The Balaban J connectivity index is 1.31. The molecule has 0 aromatic heterocycles. The summed E-state index contributed by atoms with van der Waals surface area (Å²) in [5, 5.41) is 3.01. The topological polar surface area (TPSA) is 52.7 Å². The maximum atomic E-state index is 14.6. The van der Waals surface area contributed by atoms with Gasteiger partial charge in [-0.05, 0) is 92.9 Å². The average molecular weight is 558 g/mol. The molecule has 3 aromatic carbocycles. The van der Waals surface area contributed by atoms with Gasteiger partial charge in [0.2, 0.25) is 0 Å². The molecule has 2 amide bonds. The average Bonchev–Trinajstić information content (AvgIpc) is 3.49. The van der Waals surface area contributed by atoms with E-state index in [9.17, 15) is 14.0 Å². The van der Waals surface area contributed by atoms with Crippen LogP contribution in [0.3, 0.4) is 0 Å². The highest BCUT2D eigenvalue weighted by Crippen LogP contribution is 2.43. The molecule has 5 rings (SSSR count). The molecule has 0 bridgehead atoms. The van der Waals surface area contributed by atoms with Crippen LogP contribution in [0.5, 0.6) is 0 Å². The van der Waals surface area contributed by atoms with Gasteiger partial charge >= 0.3 is 0 Å². The van der Waals surface area contributed by atoms with Gasteiger partial charge in [0.15, 0.2) is 0 Å². The number of carbonyl (C=O) groups is 2. The molecular formula is C33H36FN3O2S. The monoisotopic (exact) mass is 557 g/mol. The van der Waals surface area contributed by atoms with Crippen LogP contribution in [0.15, 0.2) is 76.5 Å². The molecule has 0 aliphatic carbocycles. The molecule has 2 aliphatic heterocycles. The standard InChI is InChI=1S/C33H36FN3O2S/c1-2-8-24-13-16-30-29(21-24)37(23-27-9-3-4-10-28(27)34)33(39)31(40-30)22-25-11-14-26(15-12-25)32(38)35-17-7-20-36-18-5-6-19-36/h3-4,9-16,21-22H,2,5-8,17-20,23H2,1H3,(H,35,38). The van der Waals surface area contributed by atoms with E-state index in [1.54, 1.807) is 35.2 Å². The Labute approximate surface area is 240 Å². The van der Waals surface area contributed by atoms with Crippen LogP contribution in [0.4, 0.5) is 10.1 Å². The van der Waals surface area contributed by atoms with E-state index in [4.69, 9.17) is 0 Å². The molecule has 3 aromatic rings. The number of benzene rings is 3. The van der Waals surface area contributed by atoms with Crippen LogP contribution in [0.2, 0.25) is 0 Å².